The van der Waals surface area contributed by atoms with E-state index in [1.807, 2.05) is 0 Å². The Kier molecular flexibility index (Phi) is 4.10. The van der Waals surface area contributed by atoms with E-state index in [0.717, 1.165) is 0 Å². The number of hydrogen-bond acceptors (Lipinski definition) is 4. The van der Waals surface area contributed by atoms with Crippen LogP contribution in [0.4, 0.5) is 0 Å². The molecule has 0 amide bonds. The van der Waals surface area contributed by atoms with E-state index in [2.05, 4.69) is 4.98 Å². The van der Waals surface area contributed by atoms with Crippen LogP contribution in [0.3, 0.4) is 0 Å². The van der Waals surface area contributed by atoms with Crippen LogP contribution in [-0.2, 0) is 11.2 Å². The van der Waals surface area contributed by atoms with Crippen molar-refractivity contribution >= 4 is 17.3 Å². The van der Waals surface area contributed by atoms with Crippen molar-refractivity contribution in [3.8, 4) is 0 Å². The zero-order chi connectivity index (χ0) is 11.7. The van der Waals surface area contributed by atoms with Crippen LogP contribution in [-0.4, -0.2) is 21.1 Å². The average Bonchev–Trinajstić information content (AvgIpc) is 2.57. The average molecular weight is 224 g/mol. The van der Waals surface area contributed by atoms with E-state index in [4.69, 9.17) is 0 Å². The third-order valence-electron chi connectivity index (χ3n) is 2.26. The molecule has 0 aliphatic rings. The van der Waals surface area contributed by atoms with E-state index in [1.165, 1.54) is 6.92 Å². The molecule has 17 heavy (non-hydrogen) atoms. The Labute approximate surface area is 110 Å². The predicted molar refractivity (Wildman–Crippen MR) is 53.9 cm³/mol. The molecule has 0 aromatic carbocycles. The number of fused-ring (bicyclic) bond motifs is 1. The van der Waals surface area contributed by atoms with Gasteiger partial charge in [0.05, 0.1) is 5.52 Å². The van der Waals surface area contributed by atoms with Crippen molar-refractivity contribution < 1.29 is 33.6 Å². The summed E-state index contributed by atoms with van der Waals surface area (Å²) in [5.41, 5.74) is 0.906. The maximum absolute atomic E-state index is 11.3. The fourth-order valence-corrected chi connectivity index (χ4v) is 1.61. The van der Waals surface area contributed by atoms with Crippen molar-refractivity contribution in [1.29, 1.82) is 0 Å². The van der Waals surface area contributed by atoms with Crippen molar-refractivity contribution in [2.75, 3.05) is 0 Å². The molecule has 0 saturated heterocycles. The van der Waals surface area contributed by atoms with Gasteiger partial charge in [-0.05, 0) is 12.1 Å². The van der Waals surface area contributed by atoms with E-state index in [-0.39, 0.29) is 36.8 Å². The summed E-state index contributed by atoms with van der Waals surface area (Å²) in [5, 5.41) is 10.5. The van der Waals surface area contributed by atoms with Gasteiger partial charge in [0.2, 0.25) is 0 Å². The largest absolute Gasteiger partial charge is 1.00 e. The number of carboxylic acid groups (broad SMARTS) is 1. The monoisotopic (exact) mass is 224 g/mol. The Morgan fingerprint density at radius 2 is 2.12 bits per heavy atom. The third kappa shape index (κ3) is 2.57. The van der Waals surface area contributed by atoms with E-state index < -0.39 is 5.97 Å². The first-order valence-electron chi connectivity index (χ1n) is 4.76. The van der Waals surface area contributed by atoms with Crippen LogP contribution in [0.2, 0.25) is 0 Å². The number of ketones is 1. The van der Waals surface area contributed by atoms with E-state index in [0.29, 0.717) is 11.3 Å². The van der Waals surface area contributed by atoms with E-state index >= 15 is 0 Å². The summed E-state index contributed by atoms with van der Waals surface area (Å²) < 4.78 is 1.59. The van der Waals surface area contributed by atoms with Crippen LogP contribution in [0.1, 0.15) is 23.2 Å². The van der Waals surface area contributed by atoms with E-state index in [1.54, 1.807) is 28.8 Å². The predicted octanol–water partition coefficient (Wildman–Crippen LogP) is -3.17. The van der Waals surface area contributed by atoms with Gasteiger partial charge in [0.15, 0.2) is 5.78 Å². The third-order valence-corrected chi connectivity index (χ3v) is 2.26. The molecule has 0 aliphatic heterocycles. The van der Waals surface area contributed by atoms with Crippen molar-refractivity contribution in [2.24, 2.45) is 0 Å². The van der Waals surface area contributed by atoms with Crippen LogP contribution >= 0.6 is 0 Å². The summed E-state index contributed by atoms with van der Waals surface area (Å²) in [6, 6.07) is 5.24. The zero-order valence-electron chi connectivity index (χ0n) is 9.64. The first-order chi connectivity index (χ1) is 7.59. The number of aromatic nitrogens is 2. The first kappa shape index (κ1) is 13.5. The van der Waals surface area contributed by atoms with Gasteiger partial charge in [0, 0.05) is 25.5 Å². The minimum Gasteiger partial charge on any atom is -0.550 e. The van der Waals surface area contributed by atoms with Crippen LogP contribution in [0.5, 0.6) is 0 Å². The molecular weight excluding hydrogens is 215 g/mol. The number of nitrogens with zero attached hydrogens (tertiary/aromatic N) is 2. The minimum atomic E-state index is -1.22. The standard InChI is InChI=1S/C11H10N2O3.Li/c1-7(14)11-8-4-2-3-5-13(8)9(12-11)6-10(15)16;/h2-5H,6H2,1H3,(H,15,16);/q;+1/p-1. The number of hydrogen-bond donors (Lipinski definition) is 0. The summed E-state index contributed by atoms with van der Waals surface area (Å²) >= 11 is 0. The number of pyridine rings is 1. The summed E-state index contributed by atoms with van der Waals surface area (Å²) in [6.45, 7) is 1.40. The molecule has 0 spiro atoms. The molecule has 0 atom stereocenters. The van der Waals surface area contributed by atoms with Gasteiger partial charge < -0.3 is 14.3 Å². The van der Waals surface area contributed by atoms with Gasteiger partial charge in [0.25, 0.3) is 0 Å². The van der Waals surface area contributed by atoms with Gasteiger partial charge in [0.1, 0.15) is 11.5 Å². The zero-order valence-corrected chi connectivity index (χ0v) is 9.64. The van der Waals surface area contributed by atoms with E-state index in [9.17, 15) is 14.7 Å². The molecule has 0 unspecified atom stereocenters. The van der Waals surface area contributed by atoms with Crippen molar-refractivity contribution in [1.82, 2.24) is 9.38 Å². The quantitative estimate of drug-likeness (QED) is 0.407. The van der Waals surface area contributed by atoms with Gasteiger partial charge >= 0.3 is 18.9 Å². The van der Waals surface area contributed by atoms with Gasteiger partial charge in [-0.25, -0.2) is 4.98 Å². The molecule has 6 heteroatoms. The Hall–Kier alpha value is -1.57. The number of carbonyl (C=O) groups is 2. The van der Waals surface area contributed by atoms with Crippen LogP contribution in [0.15, 0.2) is 24.4 Å². The van der Waals surface area contributed by atoms with Gasteiger partial charge in [-0.2, -0.15) is 0 Å². The van der Waals surface area contributed by atoms with Crippen LogP contribution < -0.4 is 24.0 Å². The van der Waals surface area contributed by atoms with Gasteiger partial charge in [-0.3, -0.25) is 4.79 Å². The van der Waals surface area contributed by atoms with Crippen molar-refractivity contribution in [3.63, 3.8) is 0 Å². The maximum atomic E-state index is 11.3. The van der Waals surface area contributed by atoms with Gasteiger partial charge in [-0.1, -0.05) is 6.07 Å². The second-order valence-electron chi connectivity index (χ2n) is 3.44. The molecule has 2 aromatic rings. The Balaban J connectivity index is 0.00000144. The number of Topliss-reactive ketones (excluding diaryl/α,β-unsaturated/α-hetero) is 1. The number of carbonyl (C=O) groups excluding carboxylic acids is 2. The number of carboxylic acids is 1. The second kappa shape index (κ2) is 5.17. The molecule has 2 rings (SSSR count). The molecule has 0 fully saturated rings. The molecule has 0 radical (unpaired) electrons. The van der Waals surface area contributed by atoms with Gasteiger partial charge in [-0.15, -0.1) is 0 Å². The van der Waals surface area contributed by atoms with Crippen molar-refractivity contribution in [2.45, 2.75) is 13.3 Å². The van der Waals surface area contributed by atoms with Crippen molar-refractivity contribution in [3.05, 3.63) is 35.9 Å². The van der Waals surface area contributed by atoms with Crippen LogP contribution in [0.25, 0.3) is 5.52 Å². The molecule has 0 bridgehead atoms. The normalized spacial score (nSPS) is 9.94. The fourth-order valence-electron chi connectivity index (χ4n) is 1.61. The molecule has 2 aromatic heterocycles. The molecular formula is C11H9LiN2O3. The van der Waals surface area contributed by atoms with Crippen LogP contribution in [0, 0.1) is 0 Å². The molecule has 0 aliphatic carbocycles. The summed E-state index contributed by atoms with van der Waals surface area (Å²) in [7, 11) is 0. The first-order valence-corrected chi connectivity index (χ1v) is 4.76. The Bertz CT molecular complexity index is 577. The maximum Gasteiger partial charge on any atom is 1.00 e. The second-order valence-corrected chi connectivity index (χ2v) is 3.44. The SMILES string of the molecule is CC(=O)c1nc(CC(=O)[O-])n2ccccc12.[Li+]. The number of aliphatic carboxylic acids is 1. The summed E-state index contributed by atoms with van der Waals surface area (Å²) in [6.07, 6.45) is 1.37. The molecule has 82 valence electrons. The topological polar surface area (TPSA) is 74.5 Å². The molecule has 5 nitrogen and oxygen atoms in total. The summed E-state index contributed by atoms with van der Waals surface area (Å²) in [5.74, 6) is -1.10. The molecule has 0 N–H and O–H groups in total. The smallest absolute Gasteiger partial charge is 0.550 e. The summed E-state index contributed by atoms with van der Waals surface area (Å²) in [4.78, 5) is 25.9. The Morgan fingerprint density at radius 3 is 2.71 bits per heavy atom. The molecule has 0 saturated carbocycles. The fraction of sp³-hybridized carbons (Fsp3) is 0.182. The molecule has 2 heterocycles. The Morgan fingerprint density at radius 1 is 1.41 bits per heavy atom. The minimum absolute atomic E-state index is 0. The number of rotatable bonds is 3. The number of imidazole rings is 1.